The summed E-state index contributed by atoms with van der Waals surface area (Å²) < 4.78 is 11.7. The van der Waals surface area contributed by atoms with Gasteiger partial charge in [-0.05, 0) is 88.8 Å². The van der Waals surface area contributed by atoms with Crippen LogP contribution in [0, 0.1) is 0 Å². The number of hydroxylamine groups is 1. The van der Waals surface area contributed by atoms with E-state index in [2.05, 4.69) is 44.7 Å². The molecule has 0 saturated carbocycles. The van der Waals surface area contributed by atoms with Crippen molar-refractivity contribution < 1.29 is 14.3 Å². The van der Waals surface area contributed by atoms with E-state index < -0.39 is 0 Å². The topological polar surface area (TPSA) is 55.9 Å². The standard InChI is InChI=1S/C26H37N3O3S/c1-7-30-25-9-8-14-27-24(25)18-31-23-11-10-19(2)29(17-23)21(4)20(3)22(5)32-28-26(6)12-15-33-16-13-26/h8-11,14,17,22,28H,2,7,12-13,15-16,18H2,1,3-6H3/b21-20+. The molecule has 2 aliphatic rings. The Kier molecular flexibility index (Phi) is 9.06. The Morgan fingerprint density at radius 2 is 2.03 bits per heavy atom. The summed E-state index contributed by atoms with van der Waals surface area (Å²) in [5.74, 6) is 3.83. The van der Waals surface area contributed by atoms with Gasteiger partial charge < -0.3 is 14.4 Å². The van der Waals surface area contributed by atoms with Crippen LogP contribution in [0.4, 0.5) is 0 Å². The van der Waals surface area contributed by atoms with E-state index in [0.29, 0.717) is 13.2 Å². The van der Waals surface area contributed by atoms with E-state index in [0.717, 1.165) is 47.0 Å². The van der Waals surface area contributed by atoms with Gasteiger partial charge in [0.1, 0.15) is 23.8 Å². The second-order valence-corrected chi connectivity index (χ2v) is 9.92. The second-order valence-electron chi connectivity index (χ2n) is 8.70. The quantitative estimate of drug-likeness (QED) is 0.438. The third kappa shape index (κ3) is 6.88. The molecule has 0 aromatic carbocycles. The number of nitrogens with zero attached hydrogens (tertiary/aromatic N) is 2. The molecular formula is C26H37N3O3S. The maximum Gasteiger partial charge on any atom is 0.144 e. The van der Waals surface area contributed by atoms with Crippen molar-refractivity contribution in [3.05, 3.63) is 71.7 Å². The van der Waals surface area contributed by atoms with Crippen LogP contribution >= 0.6 is 11.8 Å². The Morgan fingerprint density at radius 1 is 1.27 bits per heavy atom. The van der Waals surface area contributed by atoms with Crippen molar-refractivity contribution in [1.82, 2.24) is 15.4 Å². The van der Waals surface area contributed by atoms with Crippen LogP contribution in [0.15, 0.2) is 66.0 Å². The second kappa shape index (κ2) is 11.8. The Hall–Kier alpha value is -2.22. The van der Waals surface area contributed by atoms with Gasteiger partial charge in [-0.25, -0.2) is 0 Å². The summed E-state index contributed by atoms with van der Waals surface area (Å²) in [6.07, 6.45) is 9.75. The number of nitrogens with one attached hydrogen (secondary N) is 1. The van der Waals surface area contributed by atoms with E-state index in [1.54, 1.807) is 6.20 Å². The fourth-order valence-corrected chi connectivity index (χ4v) is 5.00. The molecule has 7 heteroatoms. The van der Waals surface area contributed by atoms with Crippen molar-refractivity contribution in [2.24, 2.45) is 0 Å². The highest BCUT2D eigenvalue weighted by molar-refractivity contribution is 7.99. The molecule has 0 bridgehead atoms. The molecule has 0 aliphatic carbocycles. The number of thioether (sulfide) groups is 1. The molecule has 1 unspecified atom stereocenters. The zero-order valence-corrected chi connectivity index (χ0v) is 21.3. The van der Waals surface area contributed by atoms with E-state index in [4.69, 9.17) is 14.3 Å². The summed E-state index contributed by atoms with van der Waals surface area (Å²) in [7, 11) is 0. The first-order valence-electron chi connectivity index (χ1n) is 11.6. The highest BCUT2D eigenvalue weighted by atomic mass is 32.2. The molecule has 33 heavy (non-hydrogen) atoms. The maximum absolute atomic E-state index is 6.10. The lowest BCUT2D eigenvalue weighted by Gasteiger charge is -2.35. The molecule has 6 nitrogen and oxygen atoms in total. The van der Waals surface area contributed by atoms with Gasteiger partial charge in [0.15, 0.2) is 0 Å². The van der Waals surface area contributed by atoms with Crippen molar-refractivity contribution in [1.29, 1.82) is 0 Å². The normalized spacial score (nSPS) is 19.6. The first-order valence-corrected chi connectivity index (χ1v) is 12.7. The number of hydrogen-bond acceptors (Lipinski definition) is 7. The van der Waals surface area contributed by atoms with Crippen LogP contribution in [-0.4, -0.2) is 39.6 Å². The van der Waals surface area contributed by atoms with Gasteiger partial charge in [-0.1, -0.05) is 6.58 Å². The lowest BCUT2D eigenvalue weighted by Crippen LogP contribution is -2.46. The molecule has 1 atom stereocenters. The van der Waals surface area contributed by atoms with E-state index >= 15 is 0 Å². The van der Waals surface area contributed by atoms with Gasteiger partial charge in [0, 0.05) is 23.1 Å². The van der Waals surface area contributed by atoms with Crippen molar-refractivity contribution >= 4 is 11.8 Å². The first-order chi connectivity index (χ1) is 15.8. The van der Waals surface area contributed by atoms with Gasteiger partial charge in [0.05, 0.1) is 18.9 Å². The van der Waals surface area contributed by atoms with Crippen LogP contribution in [0.25, 0.3) is 0 Å². The molecule has 0 spiro atoms. The highest BCUT2D eigenvalue weighted by Crippen LogP contribution is 2.28. The van der Waals surface area contributed by atoms with Crippen molar-refractivity contribution in [3.8, 4) is 5.75 Å². The lowest BCUT2D eigenvalue weighted by atomic mass is 9.96. The van der Waals surface area contributed by atoms with E-state index in [9.17, 15) is 0 Å². The third-order valence-electron chi connectivity index (χ3n) is 6.15. The van der Waals surface area contributed by atoms with Gasteiger partial charge in [-0.15, -0.1) is 0 Å². The number of pyridine rings is 1. The van der Waals surface area contributed by atoms with Gasteiger partial charge in [-0.2, -0.15) is 17.2 Å². The summed E-state index contributed by atoms with van der Waals surface area (Å²) in [6.45, 7) is 15.6. The minimum atomic E-state index is -0.0739. The minimum absolute atomic E-state index is 0.0396. The molecule has 3 rings (SSSR count). The SMILES string of the molecule is C=C1C=CC(OCc2ncccc2OCC)=CN1/C(C)=C(\C)C(C)ONC1(C)CCSCC1. The van der Waals surface area contributed by atoms with Crippen LogP contribution in [0.5, 0.6) is 5.75 Å². The van der Waals surface area contributed by atoms with Crippen LogP contribution in [0.1, 0.15) is 53.2 Å². The van der Waals surface area contributed by atoms with Crippen LogP contribution in [-0.2, 0) is 16.2 Å². The molecule has 1 aromatic rings. The summed E-state index contributed by atoms with van der Waals surface area (Å²) in [5.41, 5.74) is 7.24. The number of rotatable bonds is 10. The molecular weight excluding hydrogens is 434 g/mol. The molecule has 2 aliphatic heterocycles. The Balaban J connectivity index is 1.65. The van der Waals surface area contributed by atoms with E-state index in [1.807, 2.05) is 54.1 Å². The van der Waals surface area contributed by atoms with Crippen LogP contribution in [0.3, 0.4) is 0 Å². The van der Waals surface area contributed by atoms with E-state index in [-0.39, 0.29) is 11.6 Å². The van der Waals surface area contributed by atoms with Gasteiger partial charge in [-0.3, -0.25) is 9.82 Å². The zero-order chi connectivity index (χ0) is 23.8. The maximum atomic E-state index is 6.10. The molecule has 0 radical (unpaired) electrons. The first kappa shape index (κ1) is 25.4. The number of ether oxygens (including phenoxy) is 2. The van der Waals surface area contributed by atoms with Crippen LogP contribution in [0.2, 0.25) is 0 Å². The molecule has 180 valence electrons. The summed E-state index contributed by atoms with van der Waals surface area (Å²) in [5, 5.41) is 0. The fourth-order valence-electron chi connectivity index (χ4n) is 3.61. The predicted molar refractivity (Wildman–Crippen MR) is 135 cm³/mol. The summed E-state index contributed by atoms with van der Waals surface area (Å²) in [4.78, 5) is 12.5. The largest absolute Gasteiger partial charge is 0.492 e. The van der Waals surface area contributed by atoms with Gasteiger partial charge in [0.25, 0.3) is 0 Å². The average Bonchev–Trinajstić information content (AvgIpc) is 2.82. The van der Waals surface area contributed by atoms with Gasteiger partial charge >= 0.3 is 0 Å². The highest BCUT2D eigenvalue weighted by Gasteiger charge is 2.28. The third-order valence-corrected chi connectivity index (χ3v) is 7.14. The summed E-state index contributed by atoms with van der Waals surface area (Å²) >= 11 is 2.01. The zero-order valence-electron chi connectivity index (χ0n) is 20.5. The molecule has 1 N–H and O–H groups in total. The van der Waals surface area contributed by atoms with E-state index in [1.165, 1.54) is 11.5 Å². The predicted octanol–water partition coefficient (Wildman–Crippen LogP) is 5.71. The molecule has 1 aromatic heterocycles. The van der Waals surface area contributed by atoms with Gasteiger partial charge in [0.2, 0.25) is 0 Å². The van der Waals surface area contributed by atoms with Crippen molar-refractivity contribution in [2.75, 3.05) is 18.1 Å². The molecule has 1 saturated heterocycles. The lowest BCUT2D eigenvalue weighted by molar-refractivity contribution is -0.0501. The van der Waals surface area contributed by atoms with Crippen molar-refractivity contribution in [2.45, 2.75) is 65.7 Å². The molecule has 1 fully saturated rings. The molecule has 3 heterocycles. The number of aromatic nitrogens is 1. The minimum Gasteiger partial charge on any atom is -0.492 e. The number of allylic oxidation sites excluding steroid dienone is 3. The van der Waals surface area contributed by atoms with Crippen molar-refractivity contribution in [3.63, 3.8) is 0 Å². The molecule has 0 amide bonds. The average molecular weight is 472 g/mol. The Bertz CT molecular complexity index is 919. The van der Waals surface area contributed by atoms with Crippen LogP contribution < -0.4 is 10.2 Å². The Morgan fingerprint density at radius 3 is 2.76 bits per heavy atom. The summed E-state index contributed by atoms with van der Waals surface area (Å²) in [6, 6.07) is 3.77. The monoisotopic (exact) mass is 471 g/mol. The fraction of sp³-hybridized carbons (Fsp3) is 0.500. The smallest absolute Gasteiger partial charge is 0.144 e. The Labute approximate surface area is 202 Å². The number of hydrogen-bond donors (Lipinski definition) is 1.